The monoisotopic (exact) mass is 580 g/mol. The van der Waals surface area contributed by atoms with Gasteiger partial charge in [-0.3, -0.25) is 9.29 Å². The number of anilines is 1. The highest BCUT2D eigenvalue weighted by molar-refractivity contribution is 7.93. The van der Waals surface area contributed by atoms with Crippen molar-refractivity contribution in [2.75, 3.05) is 25.5 Å². The largest absolute Gasteiger partial charge is 0.494 e. The molecular formula is C26H34F2N6O5S. The number of para-hydroxylation sites is 1. The van der Waals surface area contributed by atoms with Gasteiger partial charge in [-0.05, 0) is 44.4 Å². The van der Waals surface area contributed by atoms with Crippen molar-refractivity contribution in [2.45, 2.75) is 69.6 Å². The molecule has 1 aromatic carbocycles. The number of sulfonamides is 1. The molecule has 2 heterocycles. The summed E-state index contributed by atoms with van der Waals surface area (Å²) in [6.45, 7) is 5.50. The van der Waals surface area contributed by atoms with Crippen LogP contribution in [0.4, 0.5) is 14.7 Å². The van der Waals surface area contributed by atoms with E-state index in [4.69, 9.17) is 14.2 Å². The van der Waals surface area contributed by atoms with Gasteiger partial charge in [0.15, 0.2) is 5.82 Å². The van der Waals surface area contributed by atoms with E-state index in [9.17, 15) is 17.2 Å². The van der Waals surface area contributed by atoms with Crippen LogP contribution in [-0.4, -0.2) is 65.1 Å². The van der Waals surface area contributed by atoms with Crippen LogP contribution in [0.2, 0.25) is 0 Å². The minimum atomic E-state index is -4.21. The van der Waals surface area contributed by atoms with Gasteiger partial charge in [0.05, 0.1) is 14.2 Å². The predicted molar refractivity (Wildman–Crippen MR) is 144 cm³/mol. The van der Waals surface area contributed by atoms with Crippen LogP contribution in [0.5, 0.6) is 11.5 Å². The second kappa shape index (κ2) is 12.0. The van der Waals surface area contributed by atoms with Gasteiger partial charge in [-0.1, -0.05) is 13.0 Å². The van der Waals surface area contributed by atoms with Crippen molar-refractivity contribution in [1.82, 2.24) is 24.7 Å². The third kappa shape index (κ3) is 6.17. The molecule has 1 aliphatic carbocycles. The van der Waals surface area contributed by atoms with Gasteiger partial charge in [0.2, 0.25) is 21.9 Å². The van der Waals surface area contributed by atoms with Gasteiger partial charge in [0, 0.05) is 37.8 Å². The minimum absolute atomic E-state index is 0.156. The van der Waals surface area contributed by atoms with Crippen molar-refractivity contribution >= 4 is 16.0 Å². The Morgan fingerprint density at radius 1 is 1.15 bits per heavy atom. The maximum absolute atomic E-state index is 14.2. The number of nitrogens with zero attached hydrogens (tertiary/aromatic N) is 5. The number of hydrogen-bond donors (Lipinski definition) is 1. The first-order chi connectivity index (χ1) is 19.0. The summed E-state index contributed by atoms with van der Waals surface area (Å²) in [5.74, 6) is -2.71. The maximum Gasteiger partial charge on any atom is 0.248 e. The normalized spacial score (nSPS) is 18.3. The van der Waals surface area contributed by atoms with E-state index in [0.29, 0.717) is 17.9 Å². The predicted octanol–water partition coefficient (Wildman–Crippen LogP) is 4.58. The van der Waals surface area contributed by atoms with E-state index >= 15 is 0 Å². The summed E-state index contributed by atoms with van der Waals surface area (Å²) in [6.07, 6.45) is 2.26. The van der Waals surface area contributed by atoms with Crippen LogP contribution in [0.25, 0.3) is 5.69 Å². The first-order valence-electron chi connectivity index (χ1n) is 13.0. The molecule has 0 aliphatic heterocycles. The number of methoxy groups -OCH3 is 2. The molecule has 4 rings (SSSR count). The lowest BCUT2D eigenvalue weighted by Crippen LogP contribution is -2.34. The maximum atomic E-state index is 14.2. The highest BCUT2D eigenvalue weighted by Crippen LogP contribution is 2.46. The van der Waals surface area contributed by atoms with Crippen molar-refractivity contribution in [1.29, 1.82) is 0 Å². The first-order valence-corrected chi connectivity index (χ1v) is 14.5. The molecule has 0 saturated heterocycles. The van der Waals surface area contributed by atoms with Crippen LogP contribution in [0, 0.1) is 6.92 Å². The van der Waals surface area contributed by atoms with Gasteiger partial charge >= 0.3 is 0 Å². The number of rotatable bonds is 12. The summed E-state index contributed by atoms with van der Waals surface area (Å²) in [4.78, 5) is 8.58. The number of hydrogen-bond acceptors (Lipinski definition) is 9. The fourth-order valence-electron chi connectivity index (χ4n) is 4.67. The molecule has 0 spiro atoms. The standard InChI is InChI=1S/C26H34F2N6O5S/c1-6-12-39-22(23-29-14-16(2)15-30-23)17(3)40(35,36)33-25-32-31-24(18-10-11-26(27,28)13-18)34(25)21-19(37-4)8-7-9-20(21)38-5/h7-9,14-15,17-18,22H,6,10-13H2,1-5H3,(H,32,33)/t17-,18+,22+/m0/s1. The van der Waals surface area contributed by atoms with Crippen molar-refractivity contribution < 1.29 is 31.4 Å². The number of nitrogens with one attached hydrogen (secondary N) is 1. The van der Waals surface area contributed by atoms with Crippen LogP contribution in [0.1, 0.15) is 68.8 Å². The molecule has 0 amide bonds. The van der Waals surface area contributed by atoms with E-state index in [0.717, 1.165) is 5.56 Å². The molecule has 11 nitrogen and oxygen atoms in total. The Morgan fingerprint density at radius 2 is 1.80 bits per heavy atom. The average Bonchev–Trinajstić information content (AvgIpc) is 3.50. The van der Waals surface area contributed by atoms with E-state index < -0.39 is 39.6 Å². The molecule has 218 valence electrons. The fourth-order valence-corrected chi connectivity index (χ4v) is 5.77. The first kappa shape index (κ1) is 29.6. The van der Waals surface area contributed by atoms with Gasteiger partial charge in [-0.2, -0.15) is 0 Å². The third-order valence-electron chi connectivity index (χ3n) is 6.79. The molecule has 14 heteroatoms. The number of ether oxygens (including phenoxy) is 3. The Morgan fingerprint density at radius 3 is 2.35 bits per heavy atom. The van der Waals surface area contributed by atoms with Gasteiger partial charge in [-0.25, -0.2) is 27.2 Å². The SMILES string of the molecule is CCCO[C@@H](c1ncc(C)cn1)[C@H](C)S(=O)(=O)Nc1nnc([C@@H]2CCC(F)(F)C2)n1-c1c(OC)cccc1OC. The molecular weight excluding hydrogens is 546 g/mol. The smallest absolute Gasteiger partial charge is 0.248 e. The summed E-state index contributed by atoms with van der Waals surface area (Å²) in [6, 6.07) is 4.99. The summed E-state index contributed by atoms with van der Waals surface area (Å²) in [7, 11) is -1.33. The van der Waals surface area contributed by atoms with Crippen LogP contribution in [-0.2, 0) is 14.8 Å². The van der Waals surface area contributed by atoms with Crippen LogP contribution < -0.4 is 14.2 Å². The van der Waals surface area contributed by atoms with Gasteiger partial charge in [0.25, 0.3) is 0 Å². The Labute approximate surface area is 232 Å². The number of aryl methyl sites for hydroxylation is 1. The van der Waals surface area contributed by atoms with Crippen molar-refractivity contribution in [3.63, 3.8) is 0 Å². The zero-order chi connectivity index (χ0) is 29.1. The molecule has 1 fully saturated rings. The Bertz CT molecular complexity index is 1400. The van der Waals surface area contributed by atoms with E-state index in [-0.39, 0.29) is 42.7 Å². The zero-order valence-corrected chi connectivity index (χ0v) is 23.9. The molecule has 3 atom stereocenters. The molecule has 3 aromatic rings. The Balaban J connectivity index is 1.79. The molecule has 40 heavy (non-hydrogen) atoms. The number of benzene rings is 1. The zero-order valence-electron chi connectivity index (χ0n) is 23.1. The van der Waals surface area contributed by atoms with Gasteiger partial charge in [-0.15, -0.1) is 10.2 Å². The molecule has 1 saturated carbocycles. The minimum Gasteiger partial charge on any atom is -0.494 e. The van der Waals surface area contributed by atoms with Crippen molar-refractivity contribution in [3.05, 3.63) is 47.8 Å². The lowest BCUT2D eigenvalue weighted by molar-refractivity contribution is 0.00749. The van der Waals surface area contributed by atoms with Crippen LogP contribution >= 0.6 is 0 Å². The summed E-state index contributed by atoms with van der Waals surface area (Å²) in [5.41, 5.74) is 1.10. The summed E-state index contributed by atoms with van der Waals surface area (Å²) < 4.78 is 76.8. The lowest BCUT2D eigenvalue weighted by Gasteiger charge is -2.24. The van der Waals surface area contributed by atoms with Crippen LogP contribution in [0.3, 0.4) is 0 Å². The third-order valence-corrected chi connectivity index (χ3v) is 8.48. The number of halogens is 2. The Hall–Kier alpha value is -3.39. The van der Waals surface area contributed by atoms with E-state index in [1.54, 1.807) is 30.6 Å². The van der Waals surface area contributed by atoms with Crippen LogP contribution in [0.15, 0.2) is 30.6 Å². The topological polar surface area (TPSA) is 130 Å². The summed E-state index contributed by atoms with van der Waals surface area (Å²) in [5, 5.41) is 7.12. The lowest BCUT2D eigenvalue weighted by atomic mass is 10.1. The second-order valence-corrected chi connectivity index (χ2v) is 11.8. The van der Waals surface area contributed by atoms with Gasteiger partial charge < -0.3 is 14.2 Å². The summed E-state index contributed by atoms with van der Waals surface area (Å²) >= 11 is 0. The van der Waals surface area contributed by atoms with E-state index in [2.05, 4.69) is 24.9 Å². The van der Waals surface area contributed by atoms with Crippen molar-refractivity contribution in [2.24, 2.45) is 0 Å². The highest BCUT2D eigenvalue weighted by atomic mass is 32.2. The fraction of sp³-hybridized carbons (Fsp3) is 0.538. The number of aromatic nitrogens is 5. The molecule has 0 radical (unpaired) electrons. The van der Waals surface area contributed by atoms with Crippen molar-refractivity contribution in [3.8, 4) is 17.2 Å². The quantitative estimate of drug-likeness (QED) is 0.327. The molecule has 2 aromatic heterocycles. The molecule has 1 aliphatic rings. The number of alkyl halides is 2. The van der Waals surface area contributed by atoms with E-state index in [1.165, 1.54) is 25.7 Å². The molecule has 0 bridgehead atoms. The van der Waals surface area contributed by atoms with E-state index in [1.807, 2.05) is 13.8 Å². The average molecular weight is 581 g/mol. The Kier molecular flexibility index (Phi) is 8.88. The van der Waals surface area contributed by atoms with Gasteiger partial charge in [0.1, 0.15) is 34.4 Å². The highest BCUT2D eigenvalue weighted by Gasteiger charge is 2.43. The molecule has 0 unspecified atom stereocenters. The molecule has 1 N–H and O–H groups in total. The second-order valence-electron chi connectivity index (χ2n) is 9.79.